The van der Waals surface area contributed by atoms with E-state index in [1.807, 2.05) is 60.7 Å². The van der Waals surface area contributed by atoms with Crippen molar-refractivity contribution in [3.05, 3.63) is 200 Å². The molecular formula is C54H33N7. The van der Waals surface area contributed by atoms with Gasteiger partial charge in [0.2, 0.25) is 5.95 Å². The van der Waals surface area contributed by atoms with Gasteiger partial charge in [-0.25, -0.2) is 9.97 Å². The topological polar surface area (TPSA) is 65.8 Å². The number of pyridine rings is 1. The van der Waals surface area contributed by atoms with Crippen LogP contribution in [-0.2, 0) is 0 Å². The number of hydrogen-bond acceptors (Lipinski definition) is 4. The molecule has 8 aromatic carbocycles. The fraction of sp³-hybridized carbons (Fsp3) is 0. The van der Waals surface area contributed by atoms with Crippen LogP contribution in [0, 0.1) is 0 Å². The van der Waals surface area contributed by atoms with E-state index in [-0.39, 0.29) is 0 Å². The first-order chi connectivity index (χ1) is 30.3. The minimum atomic E-state index is 0.574. The lowest BCUT2D eigenvalue weighted by Crippen LogP contribution is -2.06. The molecule has 0 saturated carbocycles. The zero-order valence-electron chi connectivity index (χ0n) is 32.7. The molecule has 13 rings (SSSR count). The van der Waals surface area contributed by atoms with Gasteiger partial charge in [0.25, 0.3) is 0 Å². The summed E-state index contributed by atoms with van der Waals surface area (Å²) >= 11 is 0. The molecule has 0 saturated heterocycles. The molecule has 5 heterocycles. The molecule has 0 fully saturated rings. The highest BCUT2D eigenvalue weighted by atomic mass is 15.2. The van der Waals surface area contributed by atoms with Crippen molar-refractivity contribution >= 4 is 71.2 Å². The summed E-state index contributed by atoms with van der Waals surface area (Å²) in [5.41, 5.74) is 13.7. The van der Waals surface area contributed by atoms with Crippen LogP contribution in [0.15, 0.2) is 200 Å². The van der Waals surface area contributed by atoms with Crippen molar-refractivity contribution in [1.29, 1.82) is 0 Å². The summed E-state index contributed by atoms with van der Waals surface area (Å²) in [6, 6.07) is 70.3. The third-order valence-corrected chi connectivity index (χ3v) is 12.1. The fourth-order valence-corrected chi connectivity index (χ4v) is 9.37. The smallest absolute Gasteiger partial charge is 0.238 e. The SMILES string of the molecule is c1ccc(-c2nc(-c3ccccc3)nc(-n3c4ccccc4c4cc(-c5ccc6c(c5)c5c(c7ccccc7n7c8ccccc8nc57)n6-c5ccccc5)ccc43)n2)cc1. The van der Waals surface area contributed by atoms with E-state index in [2.05, 4.69) is 153 Å². The highest BCUT2D eigenvalue weighted by molar-refractivity contribution is 6.25. The predicted molar refractivity (Wildman–Crippen MR) is 249 cm³/mol. The van der Waals surface area contributed by atoms with Crippen molar-refractivity contribution in [2.75, 3.05) is 0 Å². The highest BCUT2D eigenvalue weighted by Crippen LogP contribution is 2.42. The fourth-order valence-electron chi connectivity index (χ4n) is 9.37. The van der Waals surface area contributed by atoms with Crippen LogP contribution in [0.25, 0.3) is 117 Å². The number of para-hydroxylation sites is 5. The Bertz CT molecular complexity index is 3810. The van der Waals surface area contributed by atoms with Gasteiger partial charge in [0.05, 0.1) is 44.0 Å². The molecule has 0 spiro atoms. The first-order valence-corrected chi connectivity index (χ1v) is 20.5. The van der Waals surface area contributed by atoms with Crippen LogP contribution in [0.1, 0.15) is 0 Å². The number of benzene rings is 8. The van der Waals surface area contributed by atoms with Crippen molar-refractivity contribution in [1.82, 2.24) is 33.5 Å². The van der Waals surface area contributed by atoms with Crippen LogP contribution in [0.5, 0.6) is 0 Å². The summed E-state index contributed by atoms with van der Waals surface area (Å²) < 4.78 is 6.93. The normalized spacial score (nSPS) is 11.9. The zero-order chi connectivity index (χ0) is 40.0. The number of hydrogen-bond donors (Lipinski definition) is 0. The van der Waals surface area contributed by atoms with Gasteiger partial charge in [-0.05, 0) is 71.8 Å². The van der Waals surface area contributed by atoms with Gasteiger partial charge in [-0.15, -0.1) is 0 Å². The van der Waals surface area contributed by atoms with Crippen molar-refractivity contribution in [2.24, 2.45) is 0 Å². The minimum Gasteiger partial charge on any atom is -0.308 e. The summed E-state index contributed by atoms with van der Waals surface area (Å²) in [7, 11) is 0. The monoisotopic (exact) mass is 779 g/mol. The Hall–Kier alpha value is -8.42. The quantitative estimate of drug-likeness (QED) is 0.174. The van der Waals surface area contributed by atoms with E-state index in [0.717, 1.165) is 93.8 Å². The van der Waals surface area contributed by atoms with Gasteiger partial charge in [-0.3, -0.25) is 8.97 Å². The van der Waals surface area contributed by atoms with Crippen molar-refractivity contribution < 1.29 is 0 Å². The van der Waals surface area contributed by atoms with Gasteiger partial charge in [0, 0.05) is 38.4 Å². The number of imidazole rings is 1. The maximum atomic E-state index is 5.34. The molecule has 0 N–H and O–H groups in total. The van der Waals surface area contributed by atoms with Crippen LogP contribution >= 0.6 is 0 Å². The van der Waals surface area contributed by atoms with Crippen LogP contribution in [0.3, 0.4) is 0 Å². The molecule has 0 atom stereocenters. The van der Waals surface area contributed by atoms with E-state index in [0.29, 0.717) is 17.6 Å². The largest absolute Gasteiger partial charge is 0.308 e. The van der Waals surface area contributed by atoms with Gasteiger partial charge < -0.3 is 4.57 Å². The average molecular weight is 780 g/mol. The third kappa shape index (κ3) is 5.04. The molecule has 7 heteroatoms. The Morgan fingerprint density at radius 3 is 1.54 bits per heavy atom. The molecule has 0 unspecified atom stereocenters. The lowest BCUT2D eigenvalue weighted by atomic mass is 10.0. The van der Waals surface area contributed by atoms with E-state index >= 15 is 0 Å². The van der Waals surface area contributed by atoms with Crippen LogP contribution < -0.4 is 0 Å². The van der Waals surface area contributed by atoms with E-state index in [1.54, 1.807) is 0 Å². The number of aromatic nitrogens is 7. The maximum Gasteiger partial charge on any atom is 0.238 e. The highest BCUT2D eigenvalue weighted by Gasteiger charge is 2.23. The summed E-state index contributed by atoms with van der Waals surface area (Å²) in [6.07, 6.45) is 0. The molecule has 0 aliphatic carbocycles. The van der Waals surface area contributed by atoms with E-state index < -0.39 is 0 Å². The third-order valence-electron chi connectivity index (χ3n) is 12.1. The molecule has 0 radical (unpaired) electrons. The van der Waals surface area contributed by atoms with E-state index in [9.17, 15) is 0 Å². The number of fused-ring (bicyclic) bond motifs is 13. The Balaban J connectivity index is 1.06. The zero-order valence-corrected chi connectivity index (χ0v) is 32.7. The Morgan fingerprint density at radius 1 is 0.328 bits per heavy atom. The van der Waals surface area contributed by atoms with Crippen LogP contribution in [0.2, 0.25) is 0 Å². The second-order valence-corrected chi connectivity index (χ2v) is 15.5. The summed E-state index contributed by atoms with van der Waals surface area (Å²) in [6.45, 7) is 0. The van der Waals surface area contributed by atoms with Crippen LogP contribution in [0.4, 0.5) is 0 Å². The molecule has 5 aromatic heterocycles. The second-order valence-electron chi connectivity index (χ2n) is 15.5. The molecule has 13 aromatic rings. The molecular weight excluding hydrogens is 747 g/mol. The molecule has 7 nitrogen and oxygen atoms in total. The molecule has 61 heavy (non-hydrogen) atoms. The Morgan fingerprint density at radius 2 is 0.852 bits per heavy atom. The molecule has 0 bridgehead atoms. The van der Waals surface area contributed by atoms with E-state index in [4.69, 9.17) is 19.9 Å². The predicted octanol–water partition coefficient (Wildman–Crippen LogP) is 13.0. The van der Waals surface area contributed by atoms with Crippen LogP contribution in [-0.4, -0.2) is 33.5 Å². The first kappa shape index (κ1) is 33.5. The average Bonchev–Trinajstić information content (AvgIpc) is 4.00. The lowest BCUT2D eigenvalue weighted by molar-refractivity contribution is 0.953. The summed E-state index contributed by atoms with van der Waals surface area (Å²) in [5.74, 6) is 1.83. The van der Waals surface area contributed by atoms with Gasteiger partial charge in [-0.1, -0.05) is 140 Å². The molecule has 0 amide bonds. The van der Waals surface area contributed by atoms with Crippen molar-refractivity contribution in [3.8, 4) is 45.5 Å². The second kappa shape index (κ2) is 13.0. The number of rotatable bonds is 5. The van der Waals surface area contributed by atoms with Crippen molar-refractivity contribution in [2.45, 2.75) is 0 Å². The summed E-state index contributed by atoms with van der Waals surface area (Å²) in [4.78, 5) is 20.6. The van der Waals surface area contributed by atoms with Crippen molar-refractivity contribution in [3.63, 3.8) is 0 Å². The van der Waals surface area contributed by atoms with Gasteiger partial charge in [0.15, 0.2) is 11.6 Å². The number of nitrogens with zero attached hydrogens (tertiary/aromatic N) is 7. The summed E-state index contributed by atoms with van der Waals surface area (Å²) in [5, 5.41) is 5.70. The van der Waals surface area contributed by atoms with E-state index in [1.165, 1.54) is 5.39 Å². The molecule has 284 valence electrons. The maximum absolute atomic E-state index is 5.34. The Labute approximate surface area is 349 Å². The van der Waals surface area contributed by atoms with Gasteiger partial charge >= 0.3 is 0 Å². The molecule has 0 aliphatic heterocycles. The first-order valence-electron chi connectivity index (χ1n) is 20.5. The Kier molecular flexibility index (Phi) is 7.17. The van der Waals surface area contributed by atoms with Gasteiger partial charge in [0.1, 0.15) is 5.65 Å². The molecule has 0 aliphatic rings. The lowest BCUT2D eigenvalue weighted by Gasteiger charge is -2.11. The van der Waals surface area contributed by atoms with Gasteiger partial charge in [-0.2, -0.15) is 9.97 Å². The minimum absolute atomic E-state index is 0.574. The standard InChI is InChI=1S/C54H33N7/c1-4-16-34(17-5-1)51-56-52(35-18-6-2-7-19-35)58-54(57-51)61-44-25-13-10-22-39(44)41-32-36(28-30-46(41)61)37-29-31-47-42(33-37)49-50(59(47)38-20-8-3-9-21-38)40-23-11-14-26-45(40)60-48-27-15-12-24-43(48)55-53(49)60/h1-33H.